The van der Waals surface area contributed by atoms with Crippen LogP contribution in [0.5, 0.6) is 5.75 Å². The molecule has 13 heavy (non-hydrogen) atoms. The molecule has 1 rings (SSSR count). The van der Waals surface area contributed by atoms with Gasteiger partial charge in [0.25, 0.3) is 0 Å². The summed E-state index contributed by atoms with van der Waals surface area (Å²) in [6.07, 6.45) is 0.407. The van der Waals surface area contributed by atoms with Crippen LogP contribution < -0.4 is 4.74 Å². The Morgan fingerprint density at radius 3 is 2.62 bits per heavy atom. The summed E-state index contributed by atoms with van der Waals surface area (Å²) in [6.45, 7) is 4.04. The lowest BCUT2D eigenvalue weighted by Gasteiger charge is -2.10. The van der Waals surface area contributed by atoms with Gasteiger partial charge in [-0.2, -0.15) is 5.26 Å². The van der Waals surface area contributed by atoms with Crippen LogP contribution in [-0.4, -0.2) is 7.11 Å². The van der Waals surface area contributed by atoms with Gasteiger partial charge >= 0.3 is 0 Å². The Morgan fingerprint density at radius 2 is 2.08 bits per heavy atom. The van der Waals surface area contributed by atoms with Gasteiger partial charge in [-0.05, 0) is 25.0 Å². The van der Waals surface area contributed by atoms with Crippen molar-refractivity contribution >= 4 is 0 Å². The van der Waals surface area contributed by atoms with E-state index in [1.54, 1.807) is 7.11 Å². The number of nitriles is 1. The number of methoxy groups -OCH3 is 1. The molecule has 1 aromatic carbocycles. The van der Waals surface area contributed by atoms with E-state index in [1.165, 1.54) is 5.56 Å². The van der Waals surface area contributed by atoms with Crippen LogP contribution in [-0.2, 0) is 6.42 Å². The maximum Gasteiger partial charge on any atom is 0.126 e. The first kappa shape index (κ1) is 9.60. The Morgan fingerprint density at radius 1 is 1.38 bits per heavy atom. The molecule has 0 aliphatic heterocycles. The van der Waals surface area contributed by atoms with Crippen LogP contribution in [0.15, 0.2) is 12.1 Å². The van der Waals surface area contributed by atoms with Gasteiger partial charge in [-0.25, -0.2) is 0 Å². The highest BCUT2D eigenvalue weighted by atomic mass is 16.5. The number of rotatable bonds is 2. The van der Waals surface area contributed by atoms with E-state index in [2.05, 4.69) is 6.07 Å². The van der Waals surface area contributed by atoms with Crippen LogP contribution in [0.25, 0.3) is 0 Å². The summed E-state index contributed by atoms with van der Waals surface area (Å²) in [5.74, 6) is 0.849. The smallest absolute Gasteiger partial charge is 0.126 e. The molecule has 0 fully saturated rings. The summed E-state index contributed by atoms with van der Waals surface area (Å²) in [5.41, 5.74) is 3.28. The lowest BCUT2D eigenvalue weighted by atomic mass is 10.0. The average Bonchev–Trinajstić information content (AvgIpc) is 2.12. The lowest BCUT2D eigenvalue weighted by molar-refractivity contribution is 0.407. The molecule has 68 valence electrons. The van der Waals surface area contributed by atoms with Gasteiger partial charge in [0.15, 0.2) is 0 Å². The van der Waals surface area contributed by atoms with Gasteiger partial charge in [0, 0.05) is 5.56 Å². The minimum atomic E-state index is 0.407. The molecule has 0 bridgehead atoms. The van der Waals surface area contributed by atoms with Crippen molar-refractivity contribution in [2.24, 2.45) is 0 Å². The summed E-state index contributed by atoms with van der Waals surface area (Å²) in [5, 5.41) is 8.59. The number of nitrogens with zero attached hydrogens (tertiary/aromatic N) is 1. The van der Waals surface area contributed by atoms with Crippen molar-refractivity contribution in [1.29, 1.82) is 5.26 Å². The fraction of sp³-hybridized carbons (Fsp3) is 0.364. The fourth-order valence-corrected chi connectivity index (χ4v) is 1.35. The molecule has 0 unspecified atom stereocenters. The molecule has 1 aromatic rings. The standard InChI is InChI=1S/C11H13NO/c1-8-4-5-10(6-7-12)11(13-3)9(8)2/h4-5H,6H2,1-3H3. The Hall–Kier alpha value is -1.49. The maximum atomic E-state index is 8.59. The topological polar surface area (TPSA) is 33.0 Å². The number of ether oxygens (including phenoxy) is 1. The van der Waals surface area contributed by atoms with Crippen molar-refractivity contribution in [1.82, 2.24) is 0 Å². The van der Waals surface area contributed by atoms with Crippen LogP contribution in [0.1, 0.15) is 16.7 Å². The summed E-state index contributed by atoms with van der Waals surface area (Å²) in [7, 11) is 1.64. The van der Waals surface area contributed by atoms with Gasteiger partial charge in [-0.1, -0.05) is 12.1 Å². The third kappa shape index (κ3) is 1.81. The van der Waals surface area contributed by atoms with E-state index in [-0.39, 0.29) is 0 Å². The fourth-order valence-electron chi connectivity index (χ4n) is 1.35. The molecule has 0 radical (unpaired) electrons. The van der Waals surface area contributed by atoms with E-state index in [1.807, 2.05) is 26.0 Å². The molecule has 0 heterocycles. The van der Waals surface area contributed by atoms with Crippen molar-refractivity contribution in [2.75, 3.05) is 7.11 Å². The molecule has 0 atom stereocenters. The number of benzene rings is 1. The molecule has 0 aromatic heterocycles. The largest absolute Gasteiger partial charge is 0.496 e. The highest BCUT2D eigenvalue weighted by molar-refractivity contribution is 5.46. The predicted molar refractivity (Wildman–Crippen MR) is 51.8 cm³/mol. The zero-order valence-corrected chi connectivity index (χ0v) is 8.22. The van der Waals surface area contributed by atoms with Crippen LogP contribution in [0, 0.1) is 25.2 Å². The summed E-state index contributed by atoms with van der Waals surface area (Å²) in [4.78, 5) is 0. The van der Waals surface area contributed by atoms with Crippen LogP contribution in [0.4, 0.5) is 0 Å². The Bertz CT molecular complexity index is 350. The first-order valence-corrected chi connectivity index (χ1v) is 4.20. The van der Waals surface area contributed by atoms with Crippen LogP contribution in [0.2, 0.25) is 0 Å². The van der Waals surface area contributed by atoms with Crippen molar-refractivity contribution < 1.29 is 4.74 Å². The SMILES string of the molecule is COc1c(CC#N)ccc(C)c1C. The Balaban J connectivity index is 3.23. The molecule has 0 N–H and O–H groups in total. The number of hydrogen-bond acceptors (Lipinski definition) is 2. The van der Waals surface area contributed by atoms with E-state index in [4.69, 9.17) is 10.00 Å². The number of aryl methyl sites for hydroxylation is 1. The van der Waals surface area contributed by atoms with Crippen LogP contribution >= 0.6 is 0 Å². The molecule has 0 spiro atoms. The second-order valence-electron chi connectivity index (χ2n) is 3.03. The van der Waals surface area contributed by atoms with Gasteiger partial charge < -0.3 is 4.74 Å². The normalized spacial score (nSPS) is 9.38. The molecule has 0 aliphatic carbocycles. The molecule has 0 amide bonds. The number of hydrogen-bond donors (Lipinski definition) is 0. The average molecular weight is 175 g/mol. The third-order valence-corrected chi connectivity index (χ3v) is 2.23. The quantitative estimate of drug-likeness (QED) is 0.691. The summed E-state index contributed by atoms with van der Waals surface area (Å²) >= 11 is 0. The highest BCUT2D eigenvalue weighted by Gasteiger charge is 2.07. The van der Waals surface area contributed by atoms with Gasteiger partial charge in [0.2, 0.25) is 0 Å². The monoisotopic (exact) mass is 175 g/mol. The Labute approximate surface area is 78.8 Å². The first-order chi connectivity index (χ1) is 6.20. The minimum absolute atomic E-state index is 0.407. The van der Waals surface area contributed by atoms with Gasteiger partial charge in [-0.15, -0.1) is 0 Å². The molecule has 0 aliphatic rings. The lowest BCUT2D eigenvalue weighted by Crippen LogP contribution is -1.95. The molecule has 0 saturated carbocycles. The first-order valence-electron chi connectivity index (χ1n) is 4.20. The van der Waals surface area contributed by atoms with E-state index in [0.29, 0.717) is 6.42 Å². The summed E-state index contributed by atoms with van der Waals surface area (Å²) in [6, 6.07) is 6.09. The molecule has 2 nitrogen and oxygen atoms in total. The minimum Gasteiger partial charge on any atom is -0.496 e. The second-order valence-corrected chi connectivity index (χ2v) is 3.03. The zero-order chi connectivity index (χ0) is 9.84. The van der Waals surface area contributed by atoms with Gasteiger partial charge in [-0.3, -0.25) is 0 Å². The van der Waals surface area contributed by atoms with E-state index in [9.17, 15) is 0 Å². The molecule has 0 saturated heterocycles. The second kappa shape index (κ2) is 3.95. The molecular weight excluding hydrogens is 162 g/mol. The van der Waals surface area contributed by atoms with Gasteiger partial charge in [0.1, 0.15) is 5.75 Å². The summed E-state index contributed by atoms with van der Waals surface area (Å²) < 4.78 is 5.26. The van der Waals surface area contributed by atoms with Gasteiger partial charge in [0.05, 0.1) is 19.6 Å². The Kier molecular flexibility index (Phi) is 2.92. The van der Waals surface area contributed by atoms with E-state index in [0.717, 1.165) is 16.9 Å². The van der Waals surface area contributed by atoms with E-state index < -0.39 is 0 Å². The maximum absolute atomic E-state index is 8.59. The zero-order valence-electron chi connectivity index (χ0n) is 8.22. The van der Waals surface area contributed by atoms with Crippen molar-refractivity contribution in [3.8, 4) is 11.8 Å². The third-order valence-electron chi connectivity index (χ3n) is 2.23. The highest BCUT2D eigenvalue weighted by Crippen LogP contribution is 2.26. The van der Waals surface area contributed by atoms with Crippen molar-refractivity contribution in [3.63, 3.8) is 0 Å². The predicted octanol–water partition coefficient (Wildman–Crippen LogP) is 2.38. The van der Waals surface area contributed by atoms with Crippen molar-refractivity contribution in [2.45, 2.75) is 20.3 Å². The van der Waals surface area contributed by atoms with Crippen LogP contribution in [0.3, 0.4) is 0 Å². The van der Waals surface area contributed by atoms with Crippen molar-refractivity contribution in [3.05, 3.63) is 28.8 Å². The van der Waals surface area contributed by atoms with E-state index >= 15 is 0 Å². The molecular formula is C11H13NO. The molecule has 2 heteroatoms.